The Hall–Kier alpha value is -2.63. The highest BCUT2D eigenvalue weighted by atomic mass is 16.6. The second-order valence-electron chi connectivity index (χ2n) is 6.90. The second kappa shape index (κ2) is 9.35. The average Bonchev–Trinajstić information content (AvgIpc) is 2.95. The summed E-state index contributed by atoms with van der Waals surface area (Å²) in [7, 11) is 0. The lowest BCUT2D eigenvalue weighted by Gasteiger charge is -2.14. The summed E-state index contributed by atoms with van der Waals surface area (Å²) in [4.78, 5) is 31.4. The molecule has 2 aliphatic rings. The summed E-state index contributed by atoms with van der Waals surface area (Å²) in [5.41, 5.74) is 3.28. The van der Waals surface area contributed by atoms with Gasteiger partial charge in [-0.2, -0.15) is 0 Å². The van der Waals surface area contributed by atoms with Crippen molar-refractivity contribution in [3.8, 4) is 0 Å². The third-order valence-corrected chi connectivity index (χ3v) is 4.85. The summed E-state index contributed by atoms with van der Waals surface area (Å²) in [5.74, 6) is -0.400. The van der Waals surface area contributed by atoms with Crippen LogP contribution in [0.15, 0.2) is 41.1 Å². The Morgan fingerprint density at radius 3 is 2.93 bits per heavy atom. The van der Waals surface area contributed by atoms with E-state index in [-0.39, 0.29) is 24.1 Å². The van der Waals surface area contributed by atoms with Crippen LogP contribution in [0.25, 0.3) is 0 Å². The lowest BCUT2D eigenvalue weighted by atomic mass is 9.97. The molecule has 0 atom stereocenters. The molecule has 0 saturated heterocycles. The van der Waals surface area contributed by atoms with E-state index >= 15 is 0 Å². The number of carbonyl (C=O) groups excluding carboxylic acids is 2. The summed E-state index contributed by atoms with van der Waals surface area (Å²) < 4.78 is 0. The van der Waals surface area contributed by atoms with Crippen molar-refractivity contribution in [2.75, 3.05) is 24.6 Å². The molecule has 0 bridgehead atoms. The van der Waals surface area contributed by atoms with Gasteiger partial charge in [-0.1, -0.05) is 41.9 Å². The van der Waals surface area contributed by atoms with E-state index in [1.54, 1.807) is 4.90 Å². The van der Waals surface area contributed by atoms with Crippen LogP contribution in [0, 0.1) is 0 Å². The number of anilines is 1. The molecule has 1 heterocycles. The van der Waals surface area contributed by atoms with Gasteiger partial charge in [-0.25, -0.2) is 0 Å². The first-order valence-corrected chi connectivity index (χ1v) is 9.76. The van der Waals surface area contributed by atoms with Crippen LogP contribution in [0.1, 0.15) is 51.0 Å². The van der Waals surface area contributed by atoms with Crippen molar-refractivity contribution in [1.82, 2.24) is 5.32 Å². The normalized spacial score (nSPS) is 17.7. The number of rotatable bonds is 8. The molecule has 1 aromatic carbocycles. The number of fused-ring (bicyclic) bond motifs is 1. The number of amides is 2. The van der Waals surface area contributed by atoms with Crippen LogP contribution in [0.5, 0.6) is 0 Å². The Morgan fingerprint density at radius 2 is 2.15 bits per heavy atom. The van der Waals surface area contributed by atoms with Gasteiger partial charge in [0.15, 0.2) is 12.3 Å². The minimum Gasteiger partial charge on any atom is -0.385 e. The number of nitrogens with one attached hydrogen (secondary N) is 1. The first-order chi connectivity index (χ1) is 13.2. The molecule has 6 nitrogen and oxygen atoms in total. The predicted octanol–water partition coefficient (Wildman–Crippen LogP) is 3.17. The van der Waals surface area contributed by atoms with Gasteiger partial charge in [0.25, 0.3) is 11.8 Å². The largest absolute Gasteiger partial charge is 0.385 e. The number of oxime groups is 1. The SMILES string of the molecule is CCCN1C(=O)/C(=N/OCC(=O)NCCC2=CCCCC2)c2ccccc21. The maximum absolute atomic E-state index is 12.6. The van der Waals surface area contributed by atoms with E-state index in [1.165, 1.54) is 18.4 Å². The molecule has 1 aliphatic heterocycles. The maximum Gasteiger partial charge on any atom is 0.281 e. The van der Waals surface area contributed by atoms with E-state index in [0.717, 1.165) is 36.9 Å². The third kappa shape index (κ3) is 4.76. The van der Waals surface area contributed by atoms with Crippen LogP contribution in [-0.4, -0.2) is 37.2 Å². The highest BCUT2D eigenvalue weighted by Gasteiger charge is 2.33. The average molecular weight is 369 g/mol. The third-order valence-electron chi connectivity index (χ3n) is 4.85. The summed E-state index contributed by atoms with van der Waals surface area (Å²) in [6, 6.07) is 7.51. The quantitative estimate of drug-likeness (QED) is 0.565. The molecule has 0 spiro atoms. The molecular weight excluding hydrogens is 342 g/mol. The van der Waals surface area contributed by atoms with E-state index in [1.807, 2.05) is 31.2 Å². The number of hydrogen-bond donors (Lipinski definition) is 1. The summed E-state index contributed by atoms with van der Waals surface area (Å²) in [6.07, 6.45) is 8.81. The lowest BCUT2D eigenvalue weighted by molar-refractivity contribution is -0.125. The van der Waals surface area contributed by atoms with E-state index < -0.39 is 0 Å². The highest BCUT2D eigenvalue weighted by Crippen LogP contribution is 2.29. The van der Waals surface area contributed by atoms with Gasteiger partial charge in [0.05, 0.1) is 5.69 Å². The van der Waals surface area contributed by atoms with Gasteiger partial charge in [0.1, 0.15) is 0 Å². The minimum atomic E-state index is -0.222. The smallest absolute Gasteiger partial charge is 0.281 e. The van der Waals surface area contributed by atoms with Gasteiger partial charge in [0, 0.05) is 18.7 Å². The Labute approximate surface area is 160 Å². The molecule has 27 heavy (non-hydrogen) atoms. The summed E-state index contributed by atoms with van der Waals surface area (Å²) in [5, 5.41) is 6.81. The number of allylic oxidation sites excluding steroid dienone is 1. The molecule has 1 N–H and O–H groups in total. The van der Waals surface area contributed by atoms with Crippen molar-refractivity contribution in [3.63, 3.8) is 0 Å². The van der Waals surface area contributed by atoms with Crippen LogP contribution >= 0.6 is 0 Å². The standard InChI is InChI=1S/C21H27N3O3/c1-2-14-24-18-11-7-6-10-17(18)20(21(24)26)23-27-15-19(25)22-13-12-16-8-4-3-5-9-16/h6-8,10-11H,2-5,9,12-15H2,1H3,(H,22,25)/b23-20+. The fourth-order valence-corrected chi connectivity index (χ4v) is 3.50. The number of hydrogen-bond acceptors (Lipinski definition) is 4. The van der Waals surface area contributed by atoms with Crippen molar-refractivity contribution >= 4 is 23.2 Å². The van der Waals surface area contributed by atoms with E-state index in [4.69, 9.17) is 4.84 Å². The fraction of sp³-hybridized carbons (Fsp3) is 0.476. The zero-order valence-electron chi connectivity index (χ0n) is 15.9. The van der Waals surface area contributed by atoms with Crippen molar-refractivity contribution in [1.29, 1.82) is 0 Å². The number of para-hydroxylation sites is 1. The topological polar surface area (TPSA) is 71.0 Å². The first-order valence-electron chi connectivity index (χ1n) is 9.76. The summed E-state index contributed by atoms with van der Waals surface area (Å²) >= 11 is 0. The second-order valence-corrected chi connectivity index (χ2v) is 6.90. The number of nitrogens with zero attached hydrogens (tertiary/aromatic N) is 2. The Morgan fingerprint density at radius 1 is 1.30 bits per heavy atom. The molecule has 3 rings (SSSR count). The van der Waals surface area contributed by atoms with Gasteiger partial charge in [0.2, 0.25) is 0 Å². The highest BCUT2D eigenvalue weighted by molar-refractivity contribution is 6.54. The molecule has 1 aliphatic carbocycles. The van der Waals surface area contributed by atoms with Crippen LogP contribution in [0.3, 0.4) is 0 Å². The van der Waals surface area contributed by atoms with Crippen LogP contribution in [-0.2, 0) is 14.4 Å². The molecule has 0 aromatic heterocycles. The lowest BCUT2D eigenvalue weighted by Crippen LogP contribution is -2.31. The molecule has 6 heteroatoms. The van der Waals surface area contributed by atoms with Gasteiger partial charge in [-0.05, 0) is 44.6 Å². The van der Waals surface area contributed by atoms with Gasteiger partial charge >= 0.3 is 0 Å². The van der Waals surface area contributed by atoms with Crippen LogP contribution in [0.2, 0.25) is 0 Å². The molecule has 0 radical (unpaired) electrons. The Bertz CT molecular complexity index is 755. The van der Waals surface area contributed by atoms with Crippen LogP contribution < -0.4 is 10.2 Å². The van der Waals surface area contributed by atoms with Gasteiger partial charge < -0.3 is 15.1 Å². The van der Waals surface area contributed by atoms with E-state index in [2.05, 4.69) is 16.5 Å². The van der Waals surface area contributed by atoms with Crippen LogP contribution in [0.4, 0.5) is 5.69 Å². The molecule has 2 amide bonds. The predicted molar refractivity (Wildman–Crippen MR) is 106 cm³/mol. The van der Waals surface area contributed by atoms with E-state index in [9.17, 15) is 9.59 Å². The monoisotopic (exact) mass is 369 g/mol. The van der Waals surface area contributed by atoms with E-state index in [0.29, 0.717) is 13.1 Å². The first kappa shape index (κ1) is 19.1. The van der Waals surface area contributed by atoms with Crippen molar-refractivity contribution < 1.29 is 14.4 Å². The Balaban J connectivity index is 1.51. The number of benzene rings is 1. The van der Waals surface area contributed by atoms with Gasteiger partial charge in [-0.15, -0.1) is 0 Å². The molecule has 0 unspecified atom stereocenters. The van der Waals surface area contributed by atoms with Crippen molar-refractivity contribution in [3.05, 3.63) is 41.5 Å². The van der Waals surface area contributed by atoms with Crippen molar-refractivity contribution in [2.24, 2.45) is 5.16 Å². The molecule has 0 fully saturated rings. The molecule has 144 valence electrons. The fourth-order valence-electron chi connectivity index (χ4n) is 3.50. The zero-order valence-corrected chi connectivity index (χ0v) is 15.9. The van der Waals surface area contributed by atoms with Gasteiger partial charge in [-0.3, -0.25) is 9.59 Å². The van der Waals surface area contributed by atoms with Crippen molar-refractivity contribution in [2.45, 2.75) is 45.4 Å². The molecular formula is C21H27N3O3. The maximum atomic E-state index is 12.6. The summed E-state index contributed by atoms with van der Waals surface area (Å²) in [6.45, 7) is 3.07. The Kier molecular flexibility index (Phi) is 6.63. The number of carbonyl (C=O) groups is 2. The zero-order chi connectivity index (χ0) is 19.1. The minimum absolute atomic E-state index is 0.178. The molecule has 1 aromatic rings. The molecule has 0 saturated carbocycles.